The zero-order chi connectivity index (χ0) is 11.8. The SMILES string of the molecule is CCOC(=O)CC(C)NCCC1CCCC1. The predicted octanol–water partition coefficient (Wildman–Crippen LogP) is 2.50. The molecule has 3 nitrogen and oxygen atoms in total. The Bertz CT molecular complexity index is 200. The van der Waals surface area contributed by atoms with E-state index >= 15 is 0 Å². The molecular weight excluding hydrogens is 202 g/mol. The van der Waals surface area contributed by atoms with Crippen molar-refractivity contribution in [2.45, 2.75) is 58.4 Å². The van der Waals surface area contributed by atoms with Crippen LogP contribution in [0.5, 0.6) is 0 Å². The molecule has 0 amide bonds. The zero-order valence-corrected chi connectivity index (χ0v) is 10.6. The van der Waals surface area contributed by atoms with Gasteiger partial charge in [-0.2, -0.15) is 0 Å². The van der Waals surface area contributed by atoms with Crippen molar-refractivity contribution in [1.29, 1.82) is 0 Å². The fraction of sp³-hybridized carbons (Fsp3) is 0.923. The van der Waals surface area contributed by atoms with Gasteiger partial charge in [-0.25, -0.2) is 0 Å². The van der Waals surface area contributed by atoms with Crippen LogP contribution in [0, 0.1) is 5.92 Å². The molecule has 0 saturated heterocycles. The van der Waals surface area contributed by atoms with Crippen LogP contribution in [0.3, 0.4) is 0 Å². The molecule has 0 aromatic carbocycles. The maximum atomic E-state index is 11.2. The summed E-state index contributed by atoms with van der Waals surface area (Å²) in [7, 11) is 0. The van der Waals surface area contributed by atoms with Crippen LogP contribution in [0.25, 0.3) is 0 Å². The van der Waals surface area contributed by atoms with E-state index in [1.165, 1.54) is 32.1 Å². The monoisotopic (exact) mass is 227 g/mol. The minimum Gasteiger partial charge on any atom is -0.466 e. The van der Waals surface area contributed by atoms with E-state index in [0.29, 0.717) is 13.0 Å². The Labute approximate surface area is 98.9 Å². The van der Waals surface area contributed by atoms with Gasteiger partial charge in [0.15, 0.2) is 0 Å². The van der Waals surface area contributed by atoms with Gasteiger partial charge in [-0.3, -0.25) is 4.79 Å². The van der Waals surface area contributed by atoms with Crippen LogP contribution in [0.2, 0.25) is 0 Å². The highest BCUT2D eigenvalue weighted by molar-refractivity contribution is 5.69. The molecule has 16 heavy (non-hydrogen) atoms. The van der Waals surface area contributed by atoms with Gasteiger partial charge in [-0.1, -0.05) is 25.7 Å². The molecule has 1 aliphatic rings. The molecule has 0 spiro atoms. The van der Waals surface area contributed by atoms with Crippen LogP contribution in [0.4, 0.5) is 0 Å². The molecule has 0 aromatic rings. The second-order valence-electron chi connectivity index (χ2n) is 4.80. The van der Waals surface area contributed by atoms with Crippen LogP contribution < -0.4 is 5.32 Å². The molecule has 1 rings (SSSR count). The second-order valence-corrected chi connectivity index (χ2v) is 4.80. The highest BCUT2D eigenvalue weighted by Crippen LogP contribution is 2.26. The Balaban J connectivity index is 2.00. The summed E-state index contributed by atoms with van der Waals surface area (Å²) < 4.78 is 4.91. The summed E-state index contributed by atoms with van der Waals surface area (Å²) in [4.78, 5) is 11.2. The lowest BCUT2D eigenvalue weighted by molar-refractivity contribution is -0.143. The lowest BCUT2D eigenvalue weighted by Gasteiger charge is -2.15. The first-order valence-electron chi connectivity index (χ1n) is 6.61. The third-order valence-corrected chi connectivity index (χ3v) is 3.30. The summed E-state index contributed by atoms with van der Waals surface area (Å²) in [6.45, 7) is 5.40. The van der Waals surface area contributed by atoms with Crippen LogP contribution in [-0.2, 0) is 9.53 Å². The van der Waals surface area contributed by atoms with E-state index in [4.69, 9.17) is 4.74 Å². The first-order valence-corrected chi connectivity index (χ1v) is 6.61. The van der Waals surface area contributed by atoms with Crippen molar-refractivity contribution in [3.8, 4) is 0 Å². The highest BCUT2D eigenvalue weighted by Gasteiger charge is 2.15. The van der Waals surface area contributed by atoms with Gasteiger partial charge in [0.1, 0.15) is 0 Å². The van der Waals surface area contributed by atoms with Crippen LogP contribution in [0.1, 0.15) is 52.4 Å². The molecule has 3 heteroatoms. The van der Waals surface area contributed by atoms with Gasteiger partial charge in [0.05, 0.1) is 13.0 Å². The number of carbonyl (C=O) groups excluding carboxylic acids is 1. The van der Waals surface area contributed by atoms with E-state index in [9.17, 15) is 4.79 Å². The Morgan fingerprint density at radius 1 is 1.44 bits per heavy atom. The van der Waals surface area contributed by atoms with Gasteiger partial charge >= 0.3 is 5.97 Å². The standard InChI is InChI=1S/C13H25NO2/c1-3-16-13(15)10-11(2)14-9-8-12-6-4-5-7-12/h11-12,14H,3-10H2,1-2H3. The first-order chi connectivity index (χ1) is 7.72. The summed E-state index contributed by atoms with van der Waals surface area (Å²) in [6.07, 6.45) is 7.35. The summed E-state index contributed by atoms with van der Waals surface area (Å²) in [5.74, 6) is 0.825. The van der Waals surface area contributed by atoms with Gasteiger partial charge in [0, 0.05) is 6.04 Å². The van der Waals surface area contributed by atoms with Crippen molar-refractivity contribution in [3.05, 3.63) is 0 Å². The number of nitrogens with one attached hydrogen (secondary N) is 1. The van der Waals surface area contributed by atoms with Gasteiger partial charge in [-0.05, 0) is 32.7 Å². The molecule has 1 saturated carbocycles. The van der Waals surface area contributed by atoms with E-state index in [0.717, 1.165) is 12.5 Å². The Morgan fingerprint density at radius 3 is 2.75 bits per heavy atom. The summed E-state index contributed by atoms with van der Waals surface area (Å²) in [6, 6.07) is 0.237. The van der Waals surface area contributed by atoms with Gasteiger partial charge < -0.3 is 10.1 Å². The predicted molar refractivity (Wildman–Crippen MR) is 65.3 cm³/mol. The summed E-state index contributed by atoms with van der Waals surface area (Å²) in [5.41, 5.74) is 0. The average molecular weight is 227 g/mol. The second kappa shape index (κ2) is 7.66. The summed E-state index contributed by atoms with van der Waals surface area (Å²) in [5, 5.41) is 3.40. The largest absolute Gasteiger partial charge is 0.466 e. The number of hydrogen-bond acceptors (Lipinski definition) is 3. The number of hydrogen-bond donors (Lipinski definition) is 1. The summed E-state index contributed by atoms with van der Waals surface area (Å²) >= 11 is 0. The Hall–Kier alpha value is -0.570. The van der Waals surface area contributed by atoms with Crippen molar-refractivity contribution in [3.63, 3.8) is 0 Å². The molecule has 1 unspecified atom stereocenters. The number of esters is 1. The van der Waals surface area contributed by atoms with Gasteiger partial charge in [0.25, 0.3) is 0 Å². The molecular formula is C13H25NO2. The van der Waals surface area contributed by atoms with Crippen LogP contribution in [0.15, 0.2) is 0 Å². The minimum absolute atomic E-state index is 0.0941. The molecule has 0 radical (unpaired) electrons. The molecule has 1 N–H and O–H groups in total. The maximum absolute atomic E-state index is 11.2. The fourth-order valence-electron chi connectivity index (χ4n) is 2.37. The molecule has 1 aliphatic carbocycles. The van der Waals surface area contributed by atoms with E-state index in [1.807, 2.05) is 13.8 Å². The molecule has 0 aliphatic heterocycles. The molecule has 0 bridgehead atoms. The Kier molecular flexibility index (Phi) is 6.46. The smallest absolute Gasteiger partial charge is 0.307 e. The van der Waals surface area contributed by atoms with E-state index < -0.39 is 0 Å². The van der Waals surface area contributed by atoms with Crippen molar-refractivity contribution in [2.75, 3.05) is 13.2 Å². The topological polar surface area (TPSA) is 38.3 Å². The van der Waals surface area contributed by atoms with Crippen LogP contribution in [-0.4, -0.2) is 25.2 Å². The quantitative estimate of drug-likeness (QED) is 0.679. The third kappa shape index (κ3) is 5.50. The fourth-order valence-corrected chi connectivity index (χ4v) is 2.37. The van der Waals surface area contributed by atoms with Crippen molar-refractivity contribution in [2.24, 2.45) is 5.92 Å². The molecule has 1 atom stereocenters. The normalized spacial score (nSPS) is 18.6. The highest BCUT2D eigenvalue weighted by atomic mass is 16.5. The van der Waals surface area contributed by atoms with Crippen molar-refractivity contribution < 1.29 is 9.53 Å². The lowest BCUT2D eigenvalue weighted by atomic mass is 10.0. The van der Waals surface area contributed by atoms with E-state index in [2.05, 4.69) is 5.32 Å². The maximum Gasteiger partial charge on any atom is 0.307 e. The number of ether oxygens (including phenoxy) is 1. The van der Waals surface area contributed by atoms with Gasteiger partial charge in [-0.15, -0.1) is 0 Å². The number of carbonyl (C=O) groups is 1. The first kappa shape index (κ1) is 13.5. The molecule has 0 aromatic heterocycles. The zero-order valence-electron chi connectivity index (χ0n) is 10.6. The van der Waals surface area contributed by atoms with Gasteiger partial charge in [0.2, 0.25) is 0 Å². The van der Waals surface area contributed by atoms with Crippen LogP contribution >= 0.6 is 0 Å². The Morgan fingerprint density at radius 2 is 2.12 bits per heavy atom. The molecule has 1 fully saturated rings. The van der Waals surface area contributed by atoms with E-state index in [1.54, 1.807) is 0 Å². The molecule has 94 valence electrons. The lowest BCUT2D eigenvalue weighted by Crippen LogP contribution is -2.30. The number of rotatable bonds is 7. The van der Waals surface area contributed by atoms with Crippen molar-refractivity contribution in [1.82, 2.24) is 5.32 Å². The average Bonchev–Trinajstić information content (AvgIpc) is 2.70. The van der Waals surface area contributed by atoms with Crippen molar-refractivity contribution >= 4 is 5.97 Å². The van der Waals surface area contributed by atoms with E-state index in [-0.39, 0.29) is 12.0 Å². The third-order valence-electron chi connectivity index (χ3n) is 3.30. The molecule has 0 heterocycles. The minimum atomic E-state index is -0.0941.